The summed E-state index contributed by atoms with van der Waals surface area (Å²) in [5.74, 6) is 0. The molecule has 0 aromatic heterocycles. The molecule has 3 rings (SSSR count). The zero-order valence-electron chi connectivity index (χ0n) is 28.2. The highest BCUT2D eigenvalue weighted by molar-refractivity contribution is 7.97. The molecule has 3 aromatic carbocycles. The molecule has 0 spiro atoms. The van der Waals surface area contributed by atoms with Gasteiger partial charge >= 0.3 is 0 Å². The maximum atomic E-state index is 2.42. The van der Waals surface area contributed by atoms with E-state index in [1.807, 2.05) is 0 Å². The average Bonchev–Trinajstić information content (AvgIpc) is 3.04. The molecule has 0 N–H and O–H groups in total. The van der Waals surface area contributed by atoms with E-state index in [-0.39, 0.29) is 10.9 Å². The smallest absolute Gasteiger partial charge is 0.0654 e. The monoisotopic (exact) mass is 599 g/mol. The SMILES string of the molecule is CCCCCCCCc1ccc([S+](c2ccc(CCCCCCCC)cc2)c2ccc(CCCCCCCC)cc2)cc1. The van der Waals surface area contributed by atoms with Crippen LogP contribution >= 0.6 is 0 Å². The van der Waals surface area contributed by atoms with Gasteiger partial charge in [0.25, 0.3) is 0 Å². The van der Waals surface area contributed by atoms with Crippen molar-refractivity contribution in [1.82, 2.24) is 0 Å². The molecule has 3 aromatic rings. The molecule has 0 amide bonds. The average molecular weight is 600 g/mol. The highest BCUT2D eigenvalue weighted by Crippen LogP contribution is 2.32. The first-order chi connectivity index (χ1) is 21.2. The molecule has 0 fully saturated rings. The normalized spacial score (nSPS) is 11.4. The fourth-order valence-corrected chi connectivity index (χ4v) is 8.15. The van der Waals surface area contributed by atoms with E-state index in [0.717, 1.165) is 0 Å². The van der Waals surface area contributed by atoms with Crippen LogP contribution < -0.4 is 0 Å². The fourth-order valence-electron chi connectivity index (χ4n) is 6.11. The van der Waals surface area contributed by atoms with Gasteiger partial charge in [0.2, 0.25) is 0 Å². The van der Waals surface area contributed by atoms with Crippen LogP contribution in [0.5, 0.6) is 0 Å². The van der Waals surface area contributed by atoms with Gasteiger partial charge < -0.3 is 0 Å². The lowest BCUT2D eigenvalue weighted by Gasteiger charge is -2.11. The van der Waals surface area contributed by atoms with Crippen molar-refractivity contribution in [2.45, 2.75) is 170 Å². The fraction of sp³-hybridized carbons (Fsp3) is 0.571. The molecule has 0 radical (unpaired) electrons. The van der Waals surface area contributed by atoms with E-state index in [0.29, 0.717) is 0 Å². The predicted molar refractivity (Wildman–Crippen MR) is 193 cm³/mol. The molecule has 0 aliphatic carbocycles. The van der Waals surface area contributed by atoms with Crippen LogP contribution in [-0.2, 0) is 30.2 Å². The number of hydrogen-bond acceptors (Lipinski definition) is 0. The summed E-state index contributed by atoms with van der Waals surface area (Å²) in [6, 6.07) is 28.9. The van der Waals surface area contributed by atoms with Gasteiger partial charge in [0, 0.05) is 0 Å². The molecule has 0 aliphatic heterocycles. The van der Waals surface area contributed by atoms with Crippen molar-refractivity contribution >= 4 is 10.9 Å². The summed E-state index contributed by atoms with van der Waals surface area (Å²) in [6.07, 6.45) is 28.2. The molecule has 0 bridgehead atoms. The van der Waals surface area contributed by atoms with Crippen LogP contribution in [0.3, 0.4) is 0 Å². The minimum absolute atomic E-state index is 0.0729. The summed E-state index contributed by atoms with van der Waals surface area (Å²) in [5.41, 5.74) is 4.48. The number of benzene rings is 3. The summed E-state index contributed by atoms with van der Waals surface area (Å²) in [6.45, 7) is 6.89. The summed E-state index contributed by atoms with van der Waals surface area (Å²) < 4.78 is 0. The first-order valence-electron chi connectivity index (χ1n) is 18.3. The highest BCUT2D eigenvalue weighted by Gasteiger charge is 2.28. The summed E-state index contributed by atoms with van der Waals surface area (Å²) >= 11 is 0. The van der Waals surface area contributed by atoms with Gasteiger partial charge in [-0.25, -0.2) is 0 Å². The standard InChI is InChI=1S/C42H63S/c1-4-7-10-13-16-19-22-37-25-31-40(32-26-37)43(41-33-27-38(28-34-41)23-20-17-14-11-8-5-2)42-35-29-39(30-36-42)24-21-18-15-12-9-6-3/h25-36H,4-24H2,1-3H3/q+1. The van der Waals surface area contributed by atoms with Gasteiger partial charge in [0.15, 0.2) is 14.7 Å². The number of rotatable bonds is 24. The zero-order valence-corrected chi connectivity index (χ0v) is 29.0. The minimum Gasteiger partial charge on any atom is -0.0654 e. The summed E-state index contributed by atoms with van der Waals surface area (Å²) in [5, 5.41) is 0. The van der Waals surface area contributed by atoms with Crippen molar-refractivity contribution in [1.29, 1.82) is 0 Å². The Labute approximate surface area is 269 Å². The molecule has 0 saturated carbocycles. The third kappa shape index (κ3) is 14.1. The van der Waals surface area contributed by atoms with Crippen molar-refractivity contribution in [3.63, 3.8) is 0 Å². The molecule has 236 valence electrons. The quantitative estimate of drug-likeness (QED) is 0.0709. The predicted octanol–water partition coefficient (Wildman–Crippen LogP) is 13.5. The van der Waals surface area contributed by atoms with Crippen LogP contribution in [0.15, 0.2) is 87.5 Å². The Bertz CT molecular complexity index is 922. The van der Waals surface area contributed by atoms with Gasteiger partial charge in [0.05, 0.1) is 10.9 Å². The van der Waals surface area contributed by atoms with Crippen LogP contribution in [0, 0.1) is 0 Å². The van der Waals surface area contributed by atoms with E-state index in [1.54, 1.807) is 0 Å². The van der Waals surface area contributed by atoms with Gasteiger partial charge in [-0.05, 0) is 91.6 Å². The van der Waals surface area contributed by atoms with Crippen molar-refractivity contribution in [3.05, 3.63) is 89.5 Å². The Morgan fingerprint density at radius 1 is 0.302 bits per heavy atom. The van der Waals surface area contributed by atoms with Gasteiger partial charge in [-0.15, -0.1) is 0 Å². The van der Waals surface area contributed by atoms with E-state index in [2.05, 4.69) is 93.6 Å². The molecule has 43 heavy (non-hydrogen) atoms. The lowest BCUT2D eigenvalue weighted by Crippen LogP contribution is -2.05. The first kappa shape index (κ1) is 35.5. The van der Waals surface area contributed by atoms with Gasteiger partial charge in [-0.1, -0.05) is 153 Å². The summed E-state index contributed by atoms with van der Waals surface area (Å²) in [7, 11) is -0.0729. The van der Waals surface area contributed by atoms with Crippen molar-refractivity contribution < 1.29 is 0 Å². The first-order valence-corrected chi connectivity index (χ1v) is 19.5. The zero-order chi connectivity index (χ0) is 30.4. The second-order valence-corrected chi connectivity index (χ2v) is 14.8. The Morgan fingerprint density at radius 3 is 0.791 bits per heavy atom. The van der Waals surface area contributed by atoms with Crippen molar-refractivity contribution in [3.8, 4) is 0 Å². The lowest BCUT2D eigenvalue weighted by molar-refractivity contribution is 0.607. The largest absolute Gasteiger partial charge is 0.166 e. The number of hydrogen-bond donors (Lipinski definition) is 0. The van der Waals surface area contributed by atoms with Crippen molar-refractivity contribution in [2.75, 3.05) is 0 Å². The third-order valence-electron chi connectivity index (χ3n) is 8.93. The highest BCUT2D eigenvalue weighted by atomic mass is 32.2. The Kier molecular flexibility index (Phi) is 18.6. The molecule has 0 nitrogen and oxygen atoms in total. The topological polar surface area (TPSA) is 0 Å². The van der Waals surface area contributed by atoms with E-state index >= 15 is 0 Å². The summed E-state index contributed by atoms with van der Waals surface area (Å²) in [4.78, 5) is 4.33. The second-order valence-electron chi connectivity index (χ2n) is 12.8. The molecule has 0 heterocycles. The number of unbranched alkanes of at least 4 members (excludes halogenated alkanes) is 15. The lowest BCUT2D eigenvalue weighted by atomic mass is 10.1. The molecular weight excluding hydrogens is 537 g/mol. The van der Waals surface area contributed by atoms with Crippen LogP contribution in [0.4, 0.5) is 0 Å². The van der Waals surface area contributed by atoms with Crippen LogP contribution in [0.25, 0.3) is 0 Å². The molecular formula is C42H63S+. The Hall–Kier alpha value is -1.99. The van der Waals surface area contributed by atoms with Gasteiger partial charge in [0.1, 0.15) is 0 Å². The Morgan fingerprint density at radius 2 is 0.535 bits per heavy atom. The Balaban J connectivity index is 1.66. The van der Waals surface area contributed by atoms with Crippen molar-refractivity contribution in [2.24, 2.45) is 0 Å². The van der Waals surface area contributed by atoms with Gasteiger partial charge in [-0.2, -0.15) is 0 Å². The molecule has 0 atom stereocenters. The maximum Gasteiger partial charge on any atom is 0.166 e. The maximum absolute atomic E-state index is 2.42. The third-order valence-corrected chi connectivity index (χ3v) is 11.2. The van der Waals surface area contributed by atoms with Crippen LogP contribution in [-0.4, -0.2) is 0 Å². The molecule has 0 saturated heterocycles. The van der Waals surface area contributed by atoms with Crippen LogP contribution in [0.1, 0.15) is 153 Å². The molecule has 1 heteroatoms. The van der Waals surface area contributed by atoms with E-state index < -0.39 is 0 Å². The van der Waals surface area contributed by atoms with Crippen LogP contribution in [0.2, 0.25) is 0 Å². The van der Waals surface area contributed by atoms with E-state index in [9.17, 15) is 0 Å². The molecule has 0 unspecified atom stereocenters. The minimum atomic E-state index is -0.0729. The second kappa shape index (κ2) is 22.5. The number of aryl methyl sites for hydroxylation is 3. The molecule has 0 aliphatic rings. The van der Waals surface area contributed by atoms with Gasteiger partial charge in [-0.3, -0.25) is 0 Å². The van der Waals surface area contributed by atoms with E-state index in [1.165, 1.54) is 166 Å². The van der Waals surface area contributed by atoms with E-state index in [4.69, 9.17) is 0 Å².